The van der Waals surface area contributed by atoms with Gasteiger partial charge in [0.25, 0.3) is 0 Å². The number of halogens is 2. The SMILES string of the molecule is Cn1c(SCc2c(Cl)cccc2Cl)nc(-c2ccccc2)c1-c1ccccc1. The van der Waals surface area contributed by atoms with Crippen molar-refractivity contribution in [2.45, 2.75) is 10.9 Å². The monoisotopic (exact) mass is 424 g/mol. The van der Waals surface area contributed by atoms with Crippen LogP contribution in [0.15, 0.2) is 84.0 Å². The number of imidazole rings is 1. The minimum absolute atomic E-state index is 0.659. The van der Waals surface area contributed by atoms with Crippen LogP contribution in [-0.4, -0.2) is 9.55 Å². The fourth-order valence-corrected chi connectivity index (χ4v) is 4.85. The van der Waals surface area contributed by atoms with Crippen LogP contribution in [0.5, 0.6) is 0 Å². The quantitative estimate of drug-likeness (QED) is 0.311. The first kappa shape index (κ1) is 19.1. The van der Waals surface area contributed by atoms with E-state index in [9.17, 15) is 0 Å². The maximum absolute atomic E-state index is 6.34. The van der Waals surface area contributed by atoms with Gasteiger partial charge in [0.1, 0.15) is 0 Å². The number of benzene rings is 3. The van der Waals surface area contributed by atoms with Crippen molar-refractivity contribution in [3.05, 3.63) is 94.5 Å². The van der Waals surface area contributed by atoms with E-state index in [-0.39, 0.29) is 0 Å². The zero-order valence-electron chi connectivity index (χ0n) is 15.3. The van der Waals surface area contributed by atoms with E-state index in [1.165, 1.54) is 0 Å². The maximum atomic E-state index is 6.34. The van der Waals surface area contributed by atoms with Crippen LogP contribution in [0, 0.1) is 0 Å². The Morgan fingerprint density at radius 2 is 1.36 bits per heavy atom. The largest absolute Gasteiger partial charge is 0.322 e. The molecule has 2 nitrogen and oxygen atoms in total. The third-order valence-electron chi connectivity index (χ3n) is 4.56. The number of hydrogen-bond donors (Lipinski definition) is 0. The predicted molar refractivity (Wildman–Crippen MR) is 120 cm³/mol. The lowest BCUT2D eigenvalue weighted by molar-refractivity contribution is 0.796. The number of nitrogens with zero attached hydrogens (tertiary/aromatic N) is 2. The third kappa shape index (κ3) is 3.83. The molecule has 0 unspecified atom stereocenters. The van der Waals surface area contributed by atoms with E-state index in [0.29, 0.717) is 15.8 Å². The highest BCUT2D eigenvalue weighted by Gasteiger charge is 2.18. The van der Waals surface area contributed by atoms with E-state index >= 15 is 0 Å². The molecule has 0 saturated carbocycles. The molecule has 0 radical (unpaired) electrons. The molecule has 4 aromatic rings. The minimum Gasteiger partial charge on any atom is -0.322 e. The Labute approximate surface area is 179 Å². The Morgan fingerprint density at radius 1 is 0.786 bits per heavy atom. The Bertz CT molecular complexity index is 1070. The maximum Gasteiger partial charge on any atom is 0.169 e. The molecule has 3 aromatic carbocycles. The van der Waals surface area contributed by atoms with E-state index in [1.807, 2.05) is 54.6 Å². The number of aromatic nitrogens is 2. The lowest BCUT2D eigenvalue weighted by Crippen LogP contribution is -1.95. The molecular weight excluding hydrogens is 407 g/mol. The van der Waals surface area contributed by atoms with Gasteiger partial charge in [-0.05, 0) is 17.7 Å². The summed E-state index contributed by atoms with van der Waals surface area (Å²) in [5, 5.41) is 2.29. The summed E-state index contributed by atoms with van der Waals surface area (Å²) in [7, 11) is 2.05. The lowest BCUT2D eigenvalue weighted by Gasteiger charge is -2.09. The molecule has 0 amide bonds. The predicted octanol–water partition coefficient (Wildman–Crippen LogP) is 7.35. The van der Waals surface area contributed by atoms with E-state index in [1.54, 1.807) is 11.8 Å². The Kier molecular flexibility index (Phi) is 5.77. The zero-order valence-corrected chi connectivity index (χ0v) is 17.6. The van der Waals surface area contributed by atoms with E-state index in [2.05, 4.69) is 35.9 Å². The second-order valence-corrected chi connectivity index (χ2v) is 8.13. The highest BCUT2D eigenvalue weighted by Crippen LogP contribution is 2.37. The van der Waals surface area contributed by atoms with Gasteiger partial charge in [-0.25, -0.2) is 4.98 Å². The van der Waals surface area contributed by atoms with Crippen molar-refractivity contribution in [3.8, 4) is 22.5 Å². The average Bonchev–Trinajstić information content (AvgIpc) is 3.05. The smallest absolute Gasteiger partial charge is 0.169 e. The normalized spacial score (nSPS) is 11.0. The second-order valence-electron chi connectivity index (χ2n) is 6.37. The standard InChI is InChI=1S/C23H18Cl2N2S/c1-27-22(17-11-6-3-7-12-17)21(16-9-4-2-5-10-16)26-23(27)28-15-18-19(24)13-8-14-20(18)25/h2-14H,15H2,1H3. The molecule has 1 heterocycles. The number of hydrogen-bond acceptors (Lipinski definition) is 2. The van der Waals surface area contributed by atoms with Gasteiger partial charge in [-0.3, -0.25) is 0 Å². The Balaban J connectivity index is 1.76. The molecule has 0 N–H and O–H groups in total. The van der Waals surface area contributed by atoms with Gasteiger partial charge in [0.15, 0.2) is 5.16 Å². The first-order valence-electron chi connectivity index (χ1n) is 8.88. The summed E-state index contributed by atoms with van der Waals surface area (Å²) in [6.45, 7) is 0. The molecular formula is C23H18Cl2N2S. The van der Waals surface area contributed by atoms with Crippen molar-refractivity contribution >= 4 is 35.0 Å². The molecule has 0 fully saturated rings. The van der Waals surface area contributed by atoms with E-state index in [0.717, 1.165) is 33.2 Å². The van der Waals surface area contributed by atoms with Crippen LogP contribution < -0.4 is 0 Å². The summed E-state index contributed by atoms with van der Waals surface area (Å²) < 4.78 is 2.15. The van der Waals surface area contributed by atoms with E-state index in [4.69, 9.17) is 28.2 Å². The number of thioether (sulfide) groups is 1. The molecule has 4 rings (SSSR count). The summed E-state index contributed by atoms with van der Waals surface area (Å²) in [4.78, 5) is 4.97. The van der Waals surface area contributed by atoms with Crippen molar-refractivity contribution in [3.63, 3.8) is 0 Å². The van der Waals surface area contributed by atoms with Crippen molar-refractivity contribution in [1.29, 1.82) is 0 Å². The minimum atomic E-state index is 0.659. The van der Waals surface area contributed by atoms with Gasteiger partial charge in [-0.1, -0.05) is 102 Å². The first-order valence-corrected chi connectivity index (χ1v) is 10.6. The molecule has 0 saturated heterocycles. The highest BCUT2D eigenvalue weighted by molar-refractivity contribution is 7.98. The molecule has 5 heteroatoms. The van der Waals surface area contributed by atoms with Gasteiger partial charge in [0.2, 0.25) is 0 Å². The fourth-order valence-electron chi connectivity index (χ4n) is 3.14. The summed E-state index contributed by atoms with van der Waals surface area (Å²) in [6.07, 6.45) is 0. The second kappa shape index (κ2) is 8.44. The molecule has 0 spiro atoms. The van der Waals surface area contributed by atoms with Crippen molar-refractivity contribution < 1.29 is 0 Å². The van der Waals surface area contributed by atoms with Crippen LogP contribution in [0.1, 0.15) is 5.56 Å². The van der Waals surface area contributed by atoms with E-state index < -0.39 is 0 Å². The molecule has 0 bridgehead atoms. The summed E-state index contributed by atoms with van der Waals surface area (Å²) in [6, 6.07) is 26.2. The Morgan fingerprint density at radius 3 is 1.96 bits per heavy atom. The van der Waals surface area contributed by atoms with Crippen LogP contribution in [0.4, 0.5) is 0 Å². The topological polar surface area (TPSA) is 17.8 Å². The van der Waals surface area contributed by atoms with Crippen LogP contribution in [0.2, 0.25) is 10.0 Å². The van der Waals surface area contributed by atoms with Crippen molar-refractivity contribution in [2.24, 2.45) is 7.05 Å². The first-order chi connectivity index (χ1) is 13.6. The van der Waals surface area contributed by atoms with Gasteiger partial charge in [-0.2, -0.15) is 0 Å². The van der Waals surface area contributed by atoms with Crippen LogP contribution >= 0.6 is 35.0 Å². The molecule has 0 aliphatic heterocycles. The molecule has 0 aliphatic carbocycles. The lowest BCUT2D eigenvalue weighted by atomic mass is 10.1. The molecule has 1 aromatic heterocycles. The van der Waals surface area contributed by atoms with Crippen molar-refractivity contribution in [2.75, 3.05) is 0 Å². The Hall–Kier alpha value is -2.20. The highest BCUT2D eigenvalue weighted by atomic mass is 35.5. The summed E-state index contributed by atoms with van der Waals surface area (Å²) >= 11 is 14.3. The van der Waals surface area contributed by atoms with Gasteiger partial charge >= 0.3 is 0 Å². The van der Waals surface area contributed by atoms with Gasteiger partial charge in [0, 0.05) is 34.0 Å². The summed E-state index contributed by atoms with van der Waals surface area (Å²) in [5.74, 6) is 0.659. The van der Waals surface area contributed by atoms with Gasteiger partial charge in [0.05, 0.1) is 11.4 Å². The molecule has 140 valence electrons. The van der Waals surface area contributed by atoms with Crippen LogP contribution in [0.3, 0.4) is 0 Å². The summed E-state index contributed by atoms with van der Waals surface area (Å²) in [5.41, 5.74) is 5.24. The van der Waals surface area contributed by atoms with Gasteiger partial charge in [-0.15, -0.1) is 0 Å². The number of rotatable bonds is 5. The van der Waals surface area contributed by atoms with Crippen LogP contribution in [0.25, 0.3) is 22.5 Å². The molecule has 0 aliphatic rings. The average molecular weight is 425 g/mol. The fraction of sp³-hybridized carbons (Fsp3) is 0.0870. The van der Waals surface area contributed by atoms with Gasteiger partial charge < -0.3 is 4.57 Å². The molecule has 28 heavy (non-hydrogen) atoms. The van der Waals surface area contributed by atoms with Crippen molar-refractivity contribution in [1.82, 2.24) is 9.55 Å². The molecule has 0 atom stereocenters. The van der Waals surface area contributed by atoms with Crippen LogP contribution in [-0.2, 0) is 12.8 Å². The zero-order chi connectivity index (χ0) is 19.5. The third-order valence-corrected chi connectivity index (χ3v) is 6.32.